The third kappa shape index (κ3) is 11.0. The number of nitrogens with zero attached hydrogens (tertiary/aromatic N) is 2. The van der Waals surface area contributed by atoms with Crippen LogP contribution in [0.5, 0.6) is 0 Å². The zero-order valence-electron chi connectivity index (χ0n) is 21.0. The van der Waals surface area contributed by atoms with Gasteiger partial charge in [0.25, 0.3) is 0 Å². The standard InChI is InChI=1S/C16H16N2O.C8H17N.C2H6.CH3NO/c1-13(17)18-16(12-19,14-8-4-2-5-9-14)15-10-6-3-7-11-15;1-2-4-8-5-3-6-9-7-8;1-2;1-2-3/h2-12H,1H3,(H2,17,18);8-9H,2-7H2,1H3;1-2H3;1H3. The summed E-state index contributed by atoms with van der Waals surface area (Å²) in [5.41, 5.74) is 6.26. The van der Waals surface area contributed by atoms with Crippen LogP contribution in [0.3, 0.4) is 0 Å². The van der Waals surface area contributed by atoms with Gasteiger partial charge in [-0.05, 0) is 56.3 Å². The summed E-state index contributed by atoms with van der Waals surface area (Å²) < 4.78 is 0. The van der Waals surface area contributed by atoms with Crippen LogP contribution in [0.4, 0.5) is 0 Å². The first-order valence-electron chi connectivity index (χ1n) is 11.9. The summed E-state index contributed by atoms with van der Waals surface area (Å²) in [6, 6.07) is 18.9. The predicted octanol–water partition coefficient (Wildman–Crippen LogP) is 5.70. The highest BCUT2D eigenvalue weighted by Gasteiger charge is 2.33. The largest absolute Gasteiger partial charge is 0.388 e. The van der Waals surface area contributed by atoms with Crippen molar-refractivity contribution < 1.29 is 4.79 Å². The molecule has 0 aromatic heterocycles. The Morgan fingerprint density at radius 3 is 1.91 bits per heavy atom. The zero-order valence-corrected chi connectivity index (χ0v) is 21.0. The topological polar surface area (TPSA) is 96.9 Å². The maximum Gasteiger partial charge on any atom is 0.167 e. The monoisotopic (exact) mass is 454 g/mol. The summed E-state index contributed by atoms with van der Waals surface area (Å²) >= 11 is 0. The Bertz CT molecular complexity index is 727. The van der Waals surface area contributed by atoms with E-state index in [0.717, 1.165) is 23.3 Å². The van der Waals surface area contributed by atoms with Crippen LogP contribution in [0.1, 0.15) is 64.5 Å². The van der Waals surface area contributed by atoms with Gasteiger partial charge in [0.15, 0.2) is 11.8 Å². The summed E-state index contributed by atoms with van der Waals surface area (Å²) in [4.78, 5) is 24.8. The minimum absolute atomic E-state index is 0.375. The van der Waals surface area contributed by atoms with Crippen LogP contribution < -0.4 is 11.1 Å². The van der Waals surface area contributed by atoms with Crippen molar-refractivity contribution in [3.63, 3.8) is 0 Å². The van der Waals surface area contributed by atoms with E-state index in [2.05, 4.69) is 22.4 Å². The summed E-state index contributed by atoms with van der Waals surface area (Å²) in [6.45, 7) is 10.5. The Balaban J connectivity index is 0.000000609. The number of carbonyl (C=O) groups excluding carboxylic acids is 1. The molecule has 1 saturated heterocycles. The number of piperidine rings is 1. The van der Waals surface area contributed by atoms with Gasteiger partial charge >= 0.3 is 0 Å². The van der Waals surface area contributed by atoms with Crippen molar-refractivity contribution in [3.8, 4) is 0 Å². The van der Waals surface area contributed by atoms with Gasteiger partial charge in [0.05, 0.1) is 12.9 Å². The molecule has 6 nitrogen and oxygen atoms in total. The lowest BCUT2D eigenvalue weighted by Crippen LogP contribution is -2.30. The van der Waals surface area contributed by atoms with E-state index < -0.39 is 5.54 Å². The first kappa shape index (κ1) is 30.1. The Labute approximate surface area is 200 Å². The van der Waals surface area contributed by atoms with Crippen LogP contribution in [0.15, 0.2) is 70.8 Å². The summed E-state index contributed by atoms with van der Waals surface area (Å²) in [6.07, 6.45) is 6.47. The third-order valence-electron chi connectivity index (χ3n) is 5.05. The highest BCUT2D eigenvalue weighted by Crippen LogP contribution is 2.31. The maximum atomic E-state index is 11.8. The number of rotatable bonds is 6. The van der Waals surface area contributed by atoms with Gasteiger partial charge in [0.2, 0.25) is 0 Å². The molecule has 1 atom stereocenters. The number of benzene rings is 2. The van der Waals surface area contributed by atoms with Crippen LogP contribution in [0.25, 0.3) is 0 Å². The van der Waals surface area contributed by atoms with Crippen LogP contribution in [-0.4, -0.2) is 32.3 Å². The van der Waals surface area contributed by atoms with Crippen molar-refractivity contribution in [1.29, 1.82) is 0 Å². The molecule has 1 unspecified atom stereocenters. The highest BCUT2D eigenvalue weighted by molar-refractivity contribution is 5.84. The summed E-state index contributed by atoms with van der Waals surface area (Å²) in [7, 11) is 1.19. The normalized spacial score (nSPS) is 15.3. The number of aldehydes is 1. The molecule has 0 amide bonds. The van der Waals surface area contributed by atoms with Gasteiger partial charge in [-0.1, -0.05) is 93.0 Å². The molecule has 1 heterocycles. The molecule has 0 radical (unpaired) electrons. The first-order valence-corrected chi connectivity index (χ1v) is 11.9. The van der Waals surface area contributed by atoms with Gasteiger partial charge < -0.3 is 11.1 Å². The maximum absolute atomic E-state index is 11.8. The van der Waals surface area contributed by atoms with Crippen molar-refractivity contribution in [2.24, 2.45) is 21.8 Å². The van der Waals surface area contributed by atoms with Crippen molar-refractivity contribution >= 4 is 12.1 Å². The lowest BCUT2D eigenvalue weighted by Gasteiger charge is -2.25. The van der Waals surface area contributed by atoms with E-state index in [-0.39, 0.29) is 0 Å². The summed E-state index contributed by atoms with van der Waals surface area (Å²) in [5, 5.41) is 5.67. The fourth-order valence-electron chi connectivity index (χ4n) is 3.70. The van der Waals surface area contributed by atoms with Crippen molar-refractivity contribution in [3.05, 3.63) is 76.7 Å². The minimum atomic E-state index is -1.07. The summed E-state index contributed by atoms with van der Waals surface area (Å²) in [5.74, 6) is 1.36. The van der Waals surface area contributed by atoms with E-state index in [1.165, 1.54) is 45.8 Å². The quantitative estimate of drug-likeness (QED) is 0.253. The van der Waals surface area contributed by atoms with E-state index in [1.807, 2.05) is 74.5 Å². The Morgan fingerprint density at radius 2 is 1.58 bits per heavy atom. The lowest BCUT2D eigenvalue weighted by atomic mass is 9.84. The number of hydrogen-bond donors (Lipinski definition) is 2. The van der Waals surface area contributed by atoms with Crippen LogP contribution in [0.2, 0.25) is 0 Å². The molecule has 1 aliphatic heterocycles. The van der Waals surface area contributed by atoms with Crippen molar-refractivity contribution in [2.75, 3.05) is 20.1 Å². The molecular formula is C27H42N4O2. The van der Waals surface area contributed by atoms with E-state index in [0.29, 0.717) is 5.84 Å². The second-order valence-electron chi connectivity index (χ2n) is 7.55. The number of aliphatic imine (C=N–C) groups is 1. The molecule has 3 rings (SSSR count). The van der Waals surface area contributed by atoms with Gasteiger partial charge in [-0.15, -0.1) is 0 Å². The Hall–Kier alpha value is -2.86. The molecular weight excluding hydrogens is 412 g/mol. The number of carbonyl (C=O) groups is 1. The predicted molar refractivity (Wildman–Crippen MR) is 141 cm³/mol. The van der Waals surface area contributed by atoms with Gasteiger partial charge in [-0.2, -0.15) is 4.91 Å². The molecule has 3 N–H and O–H groups in total. The fraction of sp³-hybridized carbons (Fsp3) is 0.481. The molecule has 0 spiro atoms. The van der Waals surface area contributed by atoms with E-state index in [4.69, 9.17) is 10.6 Å². The van der Waals surface area contributed by atoms with Crippen molar-refractivity contribution in [2.45, 2.75) is 58.9 Å². The number of nitrogens with two attached hydrogens (primary N) is 1. The van der Waals surface area contributed by atoms with E-state index in [9.17, 15) is 4.79 Å². The van der Waals surface area contributed by atoms with E-state index >= 15 is 0 Å². The van der Waals surface area contributed by atoms with Gasteiger partial charge in [0, 0.05) is 0 Å². The molecule has 0 saturated carbocycles. The molecule has 2 aromatic carbocycles. The van der Waals surface area contributed by atoms with Gasteiger partial charge in [-0.25, -0.2) is 4.99 Å². The lowest BCUT2D eigenvalue weighted by molar-refractivity contribution is -0.111. The van der Waals surface area contributed by atoms with Crippen molar-refractivity contribution in [1.82, 2.24) is 5.32 Å². The molecule has 0 bridgehead atoms. The Morgan fingerprint density at radius 1 is 1.09 bits per heavy atom. The second kappa shape index (κ2) is 18.7. The number of amidine groups is 1. The molecule has 33 heavy (non-hydrogen) atoms. The minimum Gasteiger partial charge on any atom is -0.388 e. The first-order chi connectivity index (χ1) is 16.0. The van der Waals surface area contributed by atoms with Gasteiger partial charge in [0.1, 0.15) is 0 Å². The average molecular weight is 455 g/mol. The third-order valence-corrected chi connectivity index (χ3v) is 5.05. The number of nitroso groups, excluding NO2 is 1. The fourth-order valence-corrected chi connectivity index (χ4v) is 3.70. The molecule has 6 heteroatoms. The SMILES string of the molecule is CC.CC(N)=NC(C=O)(c1ccccc1)c1ccccc1.CCCC1CCCNC1.CN=O. The van der Waals surface area contributed by atoms with Crippen LogP contribution >= 0.6 is 0 Å². The van der Waals surface area contributed by atoms with Crippen LogP contribution in [-0.2, 0) is 10.3 Å². The molecule has 1 aliphatic rings. The number of nitrogens with one attached hydrogen (secondary N) is 1. The molecule has 0 aliphatic carbocycles. The molecule has 1 fully saturated rings. The van der Waals surface area contributed by atoms with Gasteiger partial charge in [-0.3, -0.25) is 4.79 Å². The van der Waals surface area contributed by atoms with Crippen LogP contribution in [0, 0.1) is 10.8 Å². The molecule has 2 aromatic rings. The highest BCUT2D eigenvalue weighted by atomic mass is 16.2. The second-order valence-corrected chi connectivity index (χ2v) is 7.55. The average Bonchev–Trinajstić information content (AvgIpc) is 2.86. The number of hydrogen-bond acceptors (Lipinski definition) is 5. The Kier molecular flexibility index (Phi) is 17.1. The zero-order chi connectivity index (χ0) is 25.0. The smallest absolute Gasteiger partial charge is 0.167 e. The van der Waals surface area contributed by atoms with E-state index in [1.54, 1.807) is 6.92 Å². The molecule has 182 valence electrons.